The highest BCUT2D eigenvalue weighted by Gasteiger charge is 2.14. The van der Waals surface area contributed by atoms with E-state index in [9.17, 15) is 14.5 Å². The van der Waals surface area contributed by atoms with E-state index in [-0.39, 0.29) is 11.5 Å². The molecule has 0 spiro atoms. The van der Waals surface area contributed by atoms with Gasteiger partial charge in [0.05, 0.1) is 4.92 Å². The number of hydrogen-bond donors (Lipinski definition) is 1. The summed E-state index contributed by atoms with van der Waals surface area (Å²) in [5.41, 5.74) is 1.94. The van der Waals surface area contributed by atoms with E-state index in [0.717, 1.165) is 5.56 Å². The van der Waals surface area contributed by atoms with Gasteiger partial charge in [-0.25, -0.2) is 4.39 Å². The number of nitro benzene ring substituents is 1. The summed E-state index contributed by atoms with van der Waals surface area (Å²) in [6.07, 6.45) is 0. The lowest BCUT2D eigenvalue weighted by molar-refractivity contribution is -0.385. The molecule has 0 bridgehead atoms. The standard InChI is InChI=1S/C14H12BrFN2O2/c1-9-11(16)5-3-6-12(9)17-8-10-4-2-7-13(14(10)15)18(19)20/h2-7,17H,8H2,1H3. The average molecular weight is 339 g/mol. The maximum atomic E-state index is 13.4. The summed E-state index contributed by atoms with van der Waals surface area (Å²) in [5.74, 6) is -0.284. The van der Waals surface area contributed by atoms with E-state index in [4.69, 9.17) is 0 Å². The molecular weight excluding hydrogens is 327 g/mol. The van der Waals surface area contributed by atoms with Crippen molar-refractivity contribution < 1.29 is 9.31 Å². The first-order valence-corrected chi connectivity index (χ1v) is 6.70. The monoisotopic (exact) mass is 338 g/mol. The van der Waals surface area contributed by atoms with E-state index in [1.54, 1.807) is 31.2 Å². The Kier molecular flexibility index (Phi) is 4.34. The average Bonchev–Trinajstić information content (AvgIpc) is 2.41. The van der Waals surface area contributed by atoms with E-state index in [1.807, 2.05) is 0 Å². The Labute approximate surface area is 123 Å². The number of anilines is 1. The van der Waals surface area contributed by atoms with Crippen molar-refractivity contribution in [3.8, 4) is 0 Å². The molecule has 0 atom stereocenters. The van der Waals surface area contributed by atoms with Gasteiger partial charge in [0, 0.05) is 23.9 Å². The molecule has 0 saturated heterocycles. The van der Waals surface area contributed by atoms with Crippen LogP contribution in [0.25, 0.3) is 0 Å². The first-order valence-electron chi connectivity index (χ1n) is 5.91. The molecular formula is C14H12BrFN2O2. The maximum absolute atomic E-state index is 13.4. The van der Waals surface area contributed by atoms with Crippen molar-refractivity contribution >= 4 is 27.3 Å². The molecule has 6 heteroatoms. The van der Waals surface area contributed by atoms with Gasteiger partial charge in [-0.15, -0.1) is 0 Å². The van der Waals surface area contributed by atoms with E-state index in [2.05, 4.69) is 21.2 Å². The van der Waals surface area contributed by atoms with Gasteiger partial charge in [0.1, 0.15) is 10.3 Å². The minimum atomic E-state index is -0.443. The summed E-state index contributed by atoms with van der Waals surface area (Å²) in [7, 11) is 0. The Balaban J connectivity index is 2.21. The summed E-state index contributed by atoms with van der Waals surface area (Å²) in [5, 5.41) is 13.9. The maximum Gasteiger partial charge on any atom is 0.283 e. The van der Waals surface area contributed by atoms with E-state index >= 15 is 0 Å². The molecule has 4 nitrogen and oxygen atoms in total. The fraction of sp³-hybridized carbons (Fsp3) is 0.143. The fourth-order valence-corrected chi connectivity index (χ4v) is 2.38. The minimum Gasteiger partial charge on any atom is -0.381 e. The molecule has 20 heavy (non-hydrogen) atoms. The smallest absolute Gasteiger partial charge is 0.283 e. The second kappa shape index (κ2) is 6.00. The molecule has 0 fully saturated rings. The van der Waals surface area contributed by atoms with Crippen LogP contribution in [0.5, 0.6) is 0 Å². The summed E-state index contributed by atoms with van der Waals surface area (Å²) in [6, 6.07) is 9.61. The van der Waals surface area contributed by atoms with Crippen LogP contribution in [0.2, 0.25) is 0 Å². The van der Waals surface area contributed by atoms with Crippen molar-refractivity contribution in [3.05, 3.63) is 67.9 Å². The molecule has 1 N–H and O–H groups in total. The third-order valence-corrected chi connectivity index (χ3v) is 3.91. The fourth-order valence-electron chi connectivity index (χ4n) is 1.83. The first kappa shape index (κ1) is 14.5. The van der Waals surface area contributed by atoms with Crippen molar-refractivity contribution in [2.45, 2.75) is 13.5 Å². The number of nitro groups is 1. The van der Waals surface area contributed by atoms with Crippen molar-refractivity contribution in [1.82, 2.24) is 0 Å². The quantitative estimate of drug-likeness (QED) is 0.663. The highest BCUT2D eigenvalue weighted by atomic mass is 79.9. The number of nitrogens with zero attached hydrogens (tertiary/aromatic N) is 1. The third-order valence-electron chi connectivity index (χ3n) is 2.99. The molecule has 0 aliphatic carbocycles. The summed E-state index contributed by atoms with van der Waals surface area (Å²) in [6.45, 7) is 2.05. The number of nitrogens with one attached hydrogen (secondary N) is 1. The third kappa shape index (κ3) is 2.96. The van der Waals surface area contributed by atoms with Crippen molar-refractivity contribution in [1.29, 1.82) is 0 Å². The number of benzene rings is 2. The van der Waals surface area contributed by atoms with Crippen LogP contribution < -0.4 is 5.32 Å². The van der Waals surface area contributed by atoms with Crippen LogP contribution in [0.1, 0.15) is 11.1 Å². The number of hydrogen-bond acceptors (Lipinski definition) is 3. The van der Waals surface area contributed by atoms with Gasteiger partial charge in [0.25, 0.3) is 5.69 Å². The van der Waals surface area contributed by atoms with Crippen LogP contribution in [0, 0.1) is 22.9 Å². The van der Waals surface area contributed by atoms with Crippen molar-refractivity contribution in [3.63, 3.8) is 0 Å². The van der Waals surface area contributed by atoms with Gasteiger partial charge in [-0.3, -0.25) is 10.1 Å². The zero-order chi connectivity index (χ0) is 14.7. The van der Waals surface area contributed by atoms with E-state index < -0.39 is 4.92 Å². The van der Waals surface area contributed by atoms with Crippen LogP contribution in [0.4, 0.5) is 15.8 Å². The second-order valence-electron chi connectivity index (χ2n) is 4.27. The van der Waals surface area contributed by atoms with Crippen LogP contribution in [0.15, 0.2) is 40.9 Å². The Hall–Kier alpha value is -1.95. The molecule has 2 rings (SSSR count). The lowest BCUT2D eigenvalue weighted by Gasteiger charge is -2.11. The summed E-state index contributed by atoms with van der Waals surface area (Å²) < 4.78 is 13.9. The first-order chi connectivity index (χ1) is 9.50. The Morgan fingerprint density at radius 3 is 2.70 bits per heavy atom. The molecule has 0 aliphatic heterocycles. The van der Waals surface area contributed by atoms with Crippen molar-refractivity contribution in [2.24, 2.45) is 0 Å². The lowest BCUT2D eigenvalue weighted by atomic mass is 10.1. The van der Waals surface area contributed by atoms with Gasteiger partial charge >= 0.3 is 0 Å². The summed E-state index contributed by atoms with van der Waals surface area (Å²) in [4.78, 5) is 10.4. The van der Waals surface area contributed by atoms with E-state index in [0.29, 0.717) is 22.3 Å². The largest absolute Gasteiger partial charge is 0.381 e. The van der Waals surface area contributed by atoms with Gasteiger partial charge in [0.2, 0.25) is 0 Å². The van der Waals surface area contributed by atoms with Crippen molar-refractivity contribution in [2.75, 3.05) is 5.32 Å². The van der Waals surface area contributed by atoms with Gasteiger partial charge in [-0.2, -0.15) is 0 Å². The Bertz CT molecular complexity index is 662. The molecule has 2 aromatic carbocycles. The van der Waals surface area contributed by atoms with Gasteiger partial charge in [-0.05, 0) is 40.5 Å². The van der Waals surface area contributed by atoms with Crippen LogP contribution in [-0.2, 0) is 6.54 Å². The van der Waals surface area contributed by atoms with Crippen LogP contribution in [-0.4, -0.2) is 4.92 Å². The number of halogens is 2. The highest BCUT2D eigenvalue weighted by molar-refractivity contribution is 9.10. The van der Waals surface area contributed by atoms with Gasteiger partial charge < -0.3 is 5.32 Å². The highest BCUT2D eigenvalue weighted by Crippen LogP contribution is 2.29. The number of rotatable bonds is 4. The zero-order valence-corrected chi connectivity index (χ0v) is 12.3. The molecule has 0 heterocycles. The molecule has 0 radical (unpaired) electrons. The van der Waals surface area contributed by atoms with Crippen LogP contribution >= 0.6 is 15.9 Å². The molecule has 104 valence electrons. The van der Waals surface area contributed by atoms with E-state index in [1.165, 1.54) is 12.1 Å². The lowest BCUT2D eigenvalue weighted by Crippen LogP contribution is -2.03. The molecule has 0 unspecified atom stereocenters. The minimum absolute atomic E-state index is 0.0141. The van der Waals surface area contributed by atoms with Gasteiger partial charge in [0.15, 0.2) is 0 Å². The predicted octanol–water partition coefficient (Wildman–Crippen LogP) is 4.42. The van der Waals surface area contributed by atoms with Gasteiger partial charge in [-0.1, -0.05) is 18.2 Å². The Morgan fingerprint density at radius 2 is 2.00 bits per heavy atom. The predicted molar refractivity (Wildman–Crippen MR) is 79.3 cm³/mol. The topological polar surface area (TPSA) is 55.2 Å². The van der Waals surface area contributed by atoms with Crippen LogP contribution in [0.3, 0.4) is 0 Å². The molecule has 0 aliphatic rings. The normalized spacial score (nSPS) is 10.3. The molecule has 0 aromatic heterocycles. The molecule has 2 aromatic rings. The Morgan fingerprint density at radius 1 is 1.30 bits per heavy atom. The second-order valence-corrected chi connectivity index (χ2v) is 5.07. The SMILES string of the molecule is Cc1c(F)cccc1NCc1cccc([N+](=O)[O-])c1Br. The zero-order valence-electron chi connectivity index (χ0n) is 10.7. The molecule has 0 amide bonds. The molecule has 0 saturated carbocycles. The summed E-state index contributed by atoms with van der Waals surface area (Å²) >= 11 is 3.23.